The zero-order chi connectivity index (χ0) is 9.80. The molecular formula is C13H17O. The Bertz CT molecular complexity index is 304. The number of hydrogen-bond donors (Lipinski definition) is 0. The van der Waals surface area contributed by atoms with Crippen LogP contribution in [-0.2, 0) is 12.8 Å². The first-order valence-corrected chi connectivity index (χ1v) is 5.57. The molecule has 0 aliphatic carbocycles. The highest BCUT2D eigenvalue weighted by Crippen LogP contribution is 2.29. The van der Waals surface area contributed by atoms with Crippen LogP contribution >= 0.6 is 0 Å². The van der Waals surface area contributed by atoms with Gasteiger partial charge < -0.3 is 4.74 Å². The number of ether oxygens (including phenoxy) is 1. The summed E-state index contributed by atoms with van der Waals surface area (Å²) in [6.45, 7) is 3.08. The summed E-state index contributed by atoms with van der Waals surface area (Å²) in [6.07, 6.45) is 6.06. The van der Waals surface area contributed by atoms with Crippen LogP contribution in [-0.4, -0.2) is 6.61 Å². The van der Waals surface area contributed by atoms with E-state index < -0.39 is 0 Å². The second-order valence-electron chi connectivity index (χ2n) is 3.87. The molecule has 2 rings (SSSR count). The predicted molar refractivity (Wildman–Crippen MR) is 57.7 cm³/mol. The van der Waals surface area contributed by atoms with Gasteiger partial charge in [0, 0.05) is 12.0 Å². The van der Waals surface area contributed by atoms with Gasteiger partial charge in [0.2, 0.25) is 0 Å². The van der Waals surface area contributed by atoms with Gasteiger partial charge in [-0.05, 0) is 24.5 Å². The van der Waals surface area contributed by atoms with Crippen molar-refractivity contribution in [2.24, 2.45) is 0 Å². The van der Waals surface area contributed by atoms with Gasteiger partial charge in [0.15, 0.2) is 0 Å². The molecular weight excluding hydrogens is 172 g/mol. The zero-order valence-electron chi connectivity index (χ0n) is 8.81. The quantitative estimate of drug-likeness (QED) is 0.661. The molecule has 0 bridgehead atoms. The lowest BCUT2D eigenvalue weighted by Gasteiger charge is -2.06. The maximum Gasteiger partial charge on any atom is 0.126 e. The van der Waals surface area contributed by atoms with Gasteiger partial charge in [-0.3, -0.25) is 0 Å². The fourth-order valence-corrected chi connectivity index (χ4v) is 1.96. The number of unbranched alkanes of at least 4 members (excludes halogenated alkanes) is 2. The van der Waals surface area contributed by atoms with Gasteiger partial charge in [-0.15, -0.1) is 0 Å². The first-order chi connectivity index (χ1) is 6.92. The van der Waals surface area contributed by atoms with Gasteiger partial charge in [-0.1, -0.05) is 31.9 Å². The summed E-state index contributed by atoms with van der Waals surface area (Å²) in [5.74, 6) is 1.13. The van der Waals surface area contributed by atoms with E-state index in [1.165, 1.54) is 30.4 Å². The lowest BCUT2D eigenvalue weighted by molar-refractivity contribution is 0.353. The monoisotopic (exact) mass is 189 g/mol. The third kappa shape index (κ3) is 1.92. The molecule has 1 heteroatoms. The van der Waals surface area contributed by atoms with E-state index in [1.807, 2.05) is 6.07 Å². The second kappa shape index (κ2) is 4.50. The Hall–Kier alpha value is -0.980. The fourth-order valence-electron chi connectivity index (χ4n) is 1.96. The molecule has 1 aromatic carbocycles. The molecule has 0 atom stereocenters. The summed E-state index contributed by atoms with van der Waals surface area (Å²) >= 11 is 0. The van der Waals surface area contributed by atoms with Crippen LogP contribution in [0.2, 0.25) is 0 Å². The summed E-state index contributed by atoms with van der Waals surface area (Å²) in [5, 5.41) is 0. The predicted octanol–water partition coefficient (Wildman–Crippen LogP) is 3.15. The van der Waals surface area contributed by atoms with Crippen LogP contribution in [0.5, 0.6) is 5.75 Å². The summed E-state index contributed by atoms with van der Waals surface area (Å²) in [6, 6.07) is 7.44. The van der Waals surface area contributed by atoms with Crippen molar-refractivity contribution in [3.8, 4) is 5.75 Å². The topological polar surface area (TPSA) is 9.23 Å². The fraction of sp³-hybridized carbons (Fsp3) is 0.538. The molecule has 0 saturated heterocycles. The van der Waals surface area contributed by atoms with Gasteiger partial charge in [-0.25, -0.2) is 0 Å². The minimum atomic E-state index is 0.844. The highest BCUT2D eigenvalue weighted by Gasteiger charge is 2.15. The van der Waals surface area contributed by atoms with Crippen molar-refractivity contribution >= 4 is 0 Å². The minimum absolute atomic E-state index is 0.844. The third-order valence-corrected chi connectivity index (χ3v) is 2.76. The molecule has 0 amide bonds. The molecule has 0 spiro atoms. The average molecular weight is 189 g/mol. The molecule has 0 N–H and O–H groups in total. The van der Waals surface area contributed by atoms with Crippen molar-refractivity contribution in [1.29, 1.82) is 0 Å². The van der Waals surface area contributed by atoms with Crippen LogP contribution in [0.3, 0.4) is 0 Å². The maximum atomic E-state index is 5.63. The van der Waals surface area contributed by atoms with E-state index in [1.54, 1.807) is 0 Å². The van der Waals surface area contributed by atoms with Crippen LogP contribution in [0.15, 0.2) is 12.1 Å². The van der Waals surface area contributed by atoms with Crippen molar-refractivity contribution in [1.82, 2.24) is 0 Å². The van der Waals surface area contributed by atoms with Crippen LogP contribution in [0.4, 0.5) is 0 Å². The van der Waals surface area contributed by atoms with Gasteiger partial charge >= 0.3 is 0 Å². The third-order valence-electron chi connectivity index (χ3n) is 2.76. The highest BCUT2D eigenvalue weighted by molar-refractivity contribution is 5.43. The molecule has 1 aliphatic heterocycles. The van der Waals surface area contributed by atoms with Crippen molar-refractivity contribution in [2.45, 2.75) is 39.0 Å². The van der Waals surface area contributed by atoms with Gasteiger partial charge in [0.1, 0.15) is 5.75 Å². The van der Waals surface area contributed by atoms with Crippen molar-refractivity contribution in [2.75, 3.05) is 6.61 Å². The number of rotatable bonds is 4. The Morgan fingerprint density at radius 1 is 1.43 bits per heavy atom. The molecule has 1 nitrogen and oxygen atoms in total. The lowest BCUT2D eigenvalue weighted by atomic mass is 10.0. The van der Waals surface area contributed by atoms with Gasteiger partial charge in [-0.2, -0.15) is 0 Å². The van der Waals surface area contributed by atoms with E-state index in [9.17, 15) is 0 Å². The molecule has 1 heterocycles. The Morgan fingerprint density at radius 2 is 2.36 bits per heavy atom. The van der Waals surface area contributed by atoms with Gasteiger partial charge in [0.05, 0.1) is 6.61 Å². The van der Waals surface area contributed by atoms with E-state index in [-0.39, 0.29) is 0 Å². The number of benzene rings is 1. The molecule has 0 fully saturated rings. The van der Waals surface area contributed by atoms with Crippen LogP contribution in [0.1, 0.15) is 37.3 Å². The lowest BCUT2D eigenvalue weighted by Crippen LogP contribution is -1.92. The number of fused-ring (bicyclic) bond motifs is 1. The first-order valence-electron chi connectivity index (χ1n) is 5.57. The molecule has 0 unspecified atom stereocenters. The first kappa shape index (κ1) is 9.57. The molecule has 0 aromatic heterocycles. The minimum Gasteiger partial charge on any atom is -0.493 e. The van der Waals surface area contributed by atoms with E-state index in [2.05, 4.69) is 19.1 Å². The van der Waals surface area contributed by atoms with Crippen LogP contribution < -0.4 is 4.74 Å². The molecule has 75 valence electrons. The Balaban J connectivity index is 2.06. The summed E-state index contributed by atoms with van der Waals surface area (Å²) in [4.78, 5) is 0. The van der Waals surface area contributed by atoms with Gasteiger partial charge in [0.25, 0.3) is 0 Å². The van der Waals surface area contributed by atoms with E-state index in [4.69, 9.17) is 4.74 Å². The largest absolute Gasteiger partial charge is 0.493 e. The van der Waals surface area contributed by atoms with Crippen molar-refractivity contribution < 1.29 is 4.74 Å². The SMILES string of the molecule is CCCCCc1cc[c]c2c1OCC2. The highest BCUT2D eigenvalue weighted by atomic mass is 16.5. The van der Waals surface area contributed by atoms with Crippen molar-refractivity contribution in [3.05, 3.63) is 29.3 Å². The zero-order valence-corrected chi connectivity index (χ0v) is 8.81. The smallest absolute Gasteiger partial charge is 0.126 e. The normalized spacial score (nSPS) is 13.8. The molecule has 0 saturated carbocycles. The number of hydrogen-bond acceptors (Lipinski definition) is 1. The Morgan fingerprint density at radius 3 is 3.21 bits per heavy atom. The summed E-state index contributed by atoms with van der Waals surface area (Å²) < 4.78 is 5.63. The molecule has 1 aliphatic rings. The number of aryl methyl sites for hydroxylation is 1. The molecule has 14 heavy (non-hydrogen) atoms. The van der Waals surface area contributed by atoms with Crippen LogP contribution in [0.25, 0.3) is 0 Å². The summed E-state index contributed by atoms with van der Waals surface area (Å²) in [5.41, 5.74) is 2.66. The maximum absolute atomic E-state index is 5.63. The average Bonchev–Trinajstić information content (AvgIpc) is 2.67. The Labute approximate surface area is 86.1 Å². The standard InChI is InChI=1S/C13H17O/c1-2-3-4-6-11-7-5-8-12-9-10-14-13(11)12/h5,7H,2-4,6,9-10H2,1H3. The van der Waals surface area contributed by atoms with E-state index >= 15 is 0 Å². The van der Waals surface area contributed by atoms with E-state index in [0.29, 0.717) is 0 Å². The van der Waals surface area contributed by atoms with Crippen LogP contribution in [0, 0.1) is 6.07 Å². The molecule has 1 radical (unpaired) electrons. The molecule has 1 aromatic rings. The second-order valence-corrected chi connectivity index (χ2v) is 3.87. The van der Waals surface area contributed by atoms with Crippen molar-refractivity contribution in [3.63, 3.8) is 0 Å². The van der Waals surface area contributed by atoms with E-state index in [0.717, 1.165) is 25.2 Å². The summed E-state index contributed by atoms with van der Waals surface area (Å²) in [7, 11) is 0. The Kier molecular flexibility index (Phi) is 3.07.